The summed E-state index contributed by atoms with van der Waals surface area (Å²) in [6.45, 7) is 0. The fourth-order valence-corrected chi connectivity index (χ4v) is 5.23. The number of hydrogen-bond acceptors (Lipinski definition) is 0. The van der Waals surface area contributed by atoms with Crippen molar-refractivity contribution in [3.05, 3.63) is 96.1 Å². The molecule has 1 heterocycles. The lowest BCUT2D eigenvalue weighted by Gasteiger charge is -2.29. The highest BCUT2D eigenvalue weighted by atomic mass is 31.1. The van der Waals surface area contributed by atoms with Crippen molar-refractivity contribution in [3.63, 3.8) is 0 Å². The molecule has 1 aliphatic heterocycles. The van der Waals surface area contributed by atoms with Crippen molar-refractivity contribution in [2.75, 3.05) is 6.16 Å². The van der Waals surface area contributed by atoms with E-state index in [1.807, 2.05) is 0 Å². The molecule has 0 spiro atoms. The fraction of sp³-hybridized carbons (Fsp3) is 0.238. The summed E-state index contributed by atoms with van der Waals surface area (Å²) in [6.07, 6.45) is 11.8. The van der Waals surface area contributed by atoms with Crippen LogP contribution in [0.1, 0.15) is 23.5 Å². The minimum atomic E-state index is 0.465. The van der Waals surface area contributed by atoms with E-state index in [0.29, 0.717) is 17.0 Å². The molecule has 2 unspecified atom stereocenters. The maximum absolute atomic E-state index is 2.36. The number of rotatable bonds is 5. The van der Waals surface area contributed by atoms with Crippen LogP contribution in [0.4, 0.5) is 0 Å². The van der Waals surface area contributed by atoms with Crippen molar-refractivity contribution in [2.45, 2.75) is 17.5 Å². The van der Waals surface area contributed by atoms with E-state index >= 15 is 0 Å². The molecule has 22 heavy (non-hydrogen) atoms. The topological polar surface area (TPSA) is 0 Å². The summed E-state index contributed by atoms with van der Waals surface area (Å²) < 4.78 is 0. The minimum absolute atomic E-state index is 0.465. The molecule has 2 aliphatic rings. The van der Waals surface area contributed by atoms with Crippen LogP contribution in [0.15, 0.2) is 85.0 Å². The van der Waals surface area contributed by atoms with Gasteiger partial charge in [-0.1, -0.05) is 85.0 Å². The first kappa shape index (κ1) is 14.0. The largest absolute Gasteiger partial charge is 0.113 e. The van der Waals surface area contributed by atoms with Gasteiger partial charge in [-0.3, -0.25) is 0 Å². The number of hydrogen-bond donors (Lipinski definition) is 0. The van der Waals surface area contributed by atoms with Gasteiger partial charge in [-0.15, -0.1) is 8.58 Å². The Balaban J connectivity index is 1.71. The van der Waals surface area contributed by atoms with Crippen molar-refractivity contribution >= 4 is 8.58 Å². The lowest BCUT2D eigenvalue weighted by Crippen LogP contribution is -2.24. The molecule has 1 saturated heterocycles. The normalized spacial score (nSPS) is 24.4. The first-order valence-electron chi connectivity index (χ1n) is 8.07. The molecule has 2 aromatic carbocycles. The van der Waals surface area contributed by atoms with Crippen molar-refractivity contribution in [3.8, 4) is 0 Å². The van der Waals surface area contributed by atoms with Crippen LogP contribution in [0.25, 0.3) is 0 Å². The molecular formula is C21H21P. The maximum atomic E-state index is 2.36. The van der Waals surface area contributed by atoms with Gasteiger partial charge in [-0.25, -0.2) is 0 Å². The lowest BCUT2D eigenvalue weighted by molar-refractivity contribution is 0.536. The predicted molar refractivity (Wildman–Crippen MR) is 97.0 cm³/mol. The van der Waals surface area contributed by atoms with Crippen molar-refractivity contribution in [2.24, 2.45) is 5.92 Å². The Morgan fingerprint density at radius 3 is 1.82 bits per heavy atom. The summed E-state index contributed by atoms with van der Waals surface area (Å²) in [5.41, 5.74) is 2.95. The standard InChI is InChI=1S/C21H21P/c1-3-11-18(12-4-1)20(19-13-5-2-6-14-19)21(16-22-21)15-17-9-7-8-10-17/h1-14,17,20,22H,15-16H2. The zero-order chi connectivity index (χ0) is 14.8. The third-order valence-electron chi connectivity index (χ3n) is 4.88. The molecule has 2 aromatic rings. The van der Waals surface area contributed by atoms with Gasteiger partial charge in [0, 0.05) is 11.1 Å². The van der Waals surface area contributed by atoms with Crippen molar-refractivity contribution < 1.29 is 0 Å². The predicted octanol–water partition coefficient (Wildman–Crippen LogP) is 5.38. The van der Waals surface area contributed by atoms with Gasteiger partial charge in [-0.2, -0.15) is 0 Å². The van der Waals surface area contributed by atoms with Crippen LogP contribution in [0.3, 0.4) is 0 Å². The second-order valence-corrected chi connectivity index (χ2v) is 8.10. The molecule has 0 nitrogen and oxygen atoms in total. The van der Waals surface area contributed by atoms with E-state index in [-0.39, 0.29) is 0 Å². The van der Waals surface area contributed by atoms with Gasteiger partial charge in [0.1, 0.15) is 0 Å². The molecule has 0 amide bonds. The lowest BCUT2D eigenvalue weighted by atomic mass is 9.77. The van der Waals surface area contributed by atoms with E-state index < -0.39 is 0 Å². The van der Waals surface area contributed by atoms with Gasteiger partial charge in [0.15, 0.2) is 0 Å². The second kappa shape index (κ2) is 5.86. The Kier molecular flexibility index (Phi) is 3.72. The molecule has 0 radical (unpaired) electrons. The molecule has 2 atom stereocenters. The van der Waals surface area contributed by atoms with Crippen LogP contribution < -0.4 is 0 Å². The third-order valence-corrected chi connectivity index (χ3v) is 6.63. The van der Waals surface area contributed by atoms with Crippen molar-refractivity contribution in [1.82, 2.24) is 0 Å². The zero-order valence-corrected chi connectivity index (χ0v) is 13.7. The third kappa shape index (κ3) is 2.69. The molecule has 4 rings (SSSR count). The smallest absolute Gasteiger partial charge is 0.0186 e. The minimum Gasteiger partial charge on any atom is -0.113 e. The van der Waals surface area contributed by atoms with E-state index in [9.17, 15) is 0 Å². The molecule has 0 N–H and O–H groups in total. The van der Waals surface area contributed by atoms with Gasteiger partial charge in [0.05, 0.1) is 0 Å². The second-order valence-electron chi connectivity index (χ2n) is 6.40. The Labute approximate surface area is 134 Å². The van der Waals surface area contributed by atoms with E-state index in [1.54, 1.807) is 0 Å². The van der Waals surface area contributed by atoms with Crippen LogP contribution in [0, 0.1) is 5.92 Å². The maximum Gasteiger partial charge on any atom is 0.0186 e. The van der Waals surface area contributed by atoms with Gasteiger partial charge in [-0.05, 0) is 29.6 Å². The highest BCUT2D eigenvalue weighted by molar-refractivity contribution is 7.49. The molecule has 1 fully saturated rings. The first-order chi connectivity index (χ1) is 10.9. The van der Waals surface area contributed by atoms with Crippen LogP contribution in [-0.2, 0) is 0 Å². The molecule has 0 bridgehead atoms. The zero-order valence-electron chi connectivity index (χ0n) is 12.7. The molecule has 0 saturated carbocycles. The Bertz CT molecular complexity index is 629. The van der Waals surface area contributed by atoms with E-state index in [2.05, 4.69) is 85.0 Å². The molecule has 110 valence electrons. The summed E-state index contributed by atoms with van der Waals surface area (Å²) in [4.78, 5) is 0. The summed E-state index contributed by atoms with van der Waals surface area (Å²) in [5, 5.41) is 0.465. The summed E-state index contributed by atoms with van der Waals surface area (Å²) in [5.74, 6) is 1.17. The highest BCUT2D eigenvalue weighted by Crippen LogP contribution is 2.65. The Hall–Kier alpha value is -1.65. The Morgan fingerprint density at radius 1 is 0.864 bits per heavy atom. The summed E-state index contributed by atoms with van der Waals surface area (Å²) >= 11 is 0. The highest BCUT2D eigenvalue weighted by Gasteiger charge is 2.50. The SMILES string of the molecule is C1=CC(CC2(C(c3ccccc3)c3ccccc3)CP2)C=C1. The van der Waals surface area contributed by atoms with E-state index in [0.717, 1.165) is 8.58 Å². The van der Waals surface area contributed by atoms with Gasteiger partial charge in [0.2, 0.25) is 0 Å². The Morgan fingerprint density at radius 2 is 1.36 bits per heavy atom. The average Bonchev–Trinajstić information content (AvgIpc) is 3.14. The van der Waals surface area contributed by atoms with Crippen LogP contribution in [0.5, 0.6) is 0 Å². The first-order valence-corrected chi connectivity index (χ1v) is 9.28. The molecule has 1 aliphatic carbocycles. The van der Waals surface area contributed by atoms with Crippen LogP contribution in [0.2, 0.25) is 0 Å². The monoisotopic (exact) mass is 304 g/mol. The summed E-state index contributed by atoms with van der Waals surface area (Å²) in [7, 11) is 1.08. The van der Waals surface area contributed by atoms with Gasteiger partial charge < -0.3 is 0 Å². The quantitative estimate of drug-likeness (QED) is 0.650. The average molecular weight is 304 g/mol. The van der Waals surface area contributed by atoms with E-state index in [1.165, 1.54) is 23.7 Å². The number of allylic oxidation sites excluding steroid dienone is 4. The summed E-state index contributed by atoms with van der Waals surface area (Å²) in [6, 6.07) is 22.2. The molecule has 1 heteroatoms. The van der Waals surface area contributed by atoms with E-state index in [4.69, 9.17) is 0 Å². The van der Waals surface area contributed by atoms with Crippen LogP contribution in [-0.4, -0.2) is 11.3 Å². The van der Waals surface area contributed by atoms with Crippen LogP contribution >= 0.6 is 8.58 Å². The van der Waals surface area contributed by atoms with Gasteiger partial charge in [0.25, 0.3) is 0 Å². The van der Waals surface area contributed by atoms with Gasteiger partial charge >= 0.3 is 0 Å². The molecule has 0 aromatic heterocycles. The molecular weight excluding hydrogens is 283 g/mol. The fourth-order valence-electron chi connectivity index (χ4n) is 3.74. The number of benzene rings is 2. The van der Waals surface area contributed by atoms with Crippen molar-refractivity contribution in [1.29, 1.82) is 0 Å².